The molecule has 0 atom stereocenters. The van der Waals surface area contributed by atoms with Crippen LogP contribution in [0.4, 0.5) is 0 Å². The minimum absolute atomic E-state index is 0.202. The zero-order valence-corrected chi connectivity index (χ0v) is 18.3. The average Bonchev–Trinajstić information content (AvgIpc) is 2.71. The van der Waals surface area contributed by atoms with Gasteiger partial charge in [0, 0.05) is 13.0 Å². The summed E-state index contributed by atoms with van der Waals surface area (Å²) >= 11 is 0. The Morgan fingerprint density at radius 1 is 0.786 bits per heavy atom. The lowest BCUT2D eigenvalue weighted by Crippen LogP contribution is -2.25. The van der Waals surface area contributed by atoms with Crippen molar-refractivity contribution in [2.45, 2.75) is 103 Å². The van der Waals surface area contributed by atoms with E-state index in [2.05, 4.69) is 36.5 Å². The second-order valence-electron chi connectivity index (χ2n) is 7.92. The second kappa shape index (κ2) is 18.8. The predicted octanol–water partition coefficient (Wildman–Crippen LogP) is 7.38. The van der Waals surface area contributed by atoms with Gasteiger partial charge in [-0.3, -0.25) is 4.79 Å². The van der Waals surface area contributed by atoms with Crippen LogP contribution in [-0.2, 0) is 11.2 Å². The summed E-state index contributed by atoms with van der Waals surface area (Å²) in [5, 5.41) is 3.03. The molecule has 1 aromatic carbocycles. The molecule has 0 aliphatic heterocycles. The normalized spacial score (nSPS) is 11.2. The van der Waals surface area contributed by atoms with Gasteiger partial charge in [0.1, 0.15) is 0 Å². The van der Waals surface area contributed by atoms with Crippen molar-refractivity contribution >= 4 is 5.91 Å². The van der Waals surface area contributed by atoms with Gasteiger partial charge in [0.2, 0.25) is 5.91 Å². The third kappa shape index (κ3) is 15.5. The zero-order valence-electron chi connectivity index (χ0n) is 18.3. The van der Waals surface area contributed by atoms with Gasteiger partial charge >= 0.3 is 0 Å². The summed E-state index contributed by atoms with van der Waals surface area (Å²) in [5.74, 6) is 0.202. The Morgan fingerprint density at radius 2 is 1.36 bits per heavy atom. The average molecular weight is 386 g/mol. The SMILES string of the molecule is CCCCCCCCC=CCCCCCCCC(=O)NCCc1ccccc1. The molecule has 0 aliphatic carbocycles. The molecule has 2 heteroatoms. The number of amides is 1. The van der Waals surface area contributed by atoms with Gasteiger partial charge in [-0.1, -0.05) is 101 Å². The Kier molecular flexibility index (Phi) is 16.4. The number of unbranched alkanes of at least 4 members (excludes halogenated alkanes) is 11. The number of hydrogen-bond acceptors (Lipinski definition) is 1. The van der Waals surface area contributed by atoms with E-state index in [0.29, 0.717) is 6.42 Å². The number of nitrogens with one attached hydrogen (secondary N) is 1. The van der Waals surface area contributed by atoms with E-state index in [1.165, 1.54) is 82.6 Å². The van der Waals surface area contributed by atoms with E-state index >= 15 is 0 Å². The van der Waals surface area contributed by atoms with Crippen LogP contribution in [0.2, 0.25) is 0 Å². The van der Waals surface area contributed by atoms with Gasteiger partial charge in [0.25, 0.3) is 0 Å². The fraction of sp³-hybridized carbons (Fsp3) is 0.654. The second-order valence-corrected chi connectivity index (χ2v) is 7.92. The number of carbonyl (C=O) groups excluding carboxylic acids is 1. The van der Waals surface area contributed by atoms with E-state index in [1.807, 2.05) is 18.2 Å². The first-order chi connectivity index (χ1) is 13.8. The van der Waals surface area contributed by atoms with Gasteiger partial charge in [-0.15, -0.1) is 0 Å². The fourth-order valence-electron chi connectivity index (χ4n) is 3.44. The third-order valence-corrected chi connectivity index (χ3v) is 5.24. The summed E-state index contributed by atoms with van der Waals surface area (Å²) in [5.41, 5.74) is 1.28. The topological polar surface area (TPSA) is 29.1 Å². The highest BCUT2D eigenvalue weighted by Gasteiger charge is 2.00. The molecule has 1 N–H and O–H groups in total. The van der Waals surface area contributed by atoms with Crippen molar-refractivity contribution in [3.8, 4) is 0 Å². The lowest BCUT2D eigenvalue weighted by Gasteiger charge is -2.05. The summed E-state index contributed by atoms with van der Waals surface area (Å²) < 4.78 is 0. The molecule has 0 spiro atoms. The van der Waals surface area contributed by atoms with Crippen LogP contribution in [0.15, 0.2) is 42.5 Å². The Morgan fingerprint density at radius 3 is 2.00 bits per heavy atom. The Labute approximate surface area is 174 Å². The summed E-state index contributed by atoms with van der Waals surface area (Å²) in [4.78, 5) is 11.8. The molecule has 0 unspecified atom stereocenters. The monoisotopic (exact) mass is 385 g/mol. The van der Waals surface area contributed by atoms with Gasteiger partial charge in [0.15, 0.2) is 0 Å². The molecule has 1 amide bonds. The standard InChI is InChI=1S/C26H43NO/c1-2-3-4-5-6-7-8-9-10-11-12-13-14-15-19-22-26(28)27-24-23-25-20-17-16-18-21-25/h9-10,16-18,20-21H,2-8,11-15,19,22-24H2,1H3,(H,27,28). The largest absolute Gasteiger partial charge is 0.356 e. The number of hydrogen-bond donors (Lipinski definition) is 1. The molecule has 0 radical (unpaired) electrons. The molecule has 158 valence electrons. The minimum atomic E-state index is 0.202. The van der Waals surface area contributed by atoms with Crippen molar-refractivity contribution in [2.75, 3.05) is 6.54 Å². The molecule has 0 bridgehead atoms. The third-order valence-electron chi connectivity index (χ3n) is 5.24. The lowest BCUT2D eigenvalue weighted by molar-refractivity contribution is -0.121. The fourth-order valence-corrected chi connectivity index (χ4v) is 3.44. The highest BCUT2D eigenvalue weighted by atomic mass is 16.1. The highest BCUT2D eigenvalue weighted by molar-refractivity contribution is 5.75. The Hall–Kier alpha value is -1.57. The molecule has 2 nitrogen and oxygen atoms in total. The molecular weight excluding hydrogens is 342 g/mol. The van der Waals surface area contributed by atoms with Crippen LogP contribution in [0, 0.1) is 0 Å². The van der Waals surface area contributed by atoms with E-state index in [1.54, 1.807) is 0 Å². The van der Waals surface area contributed by atoms with Gasteiger partial charge in [0.05, 0.1) is 0 Å². The zero-order chi connectivity index (χ0) is 20.1. The Balaban J connectivity index is 1.81. The lowest BCUT2D eigenvalue weighted by atomic mass is 10.1. The molecule has 0 fully saturated rings. The molecule has 1 aromatic rings. The molecule has 1 rings (SSSR count). The Bertz CT molecular complexity index is 494. The first kappa shape index (κ1) is 24.5. The van der Waals surface area contributed by atoms with Gasteiger partial charge < -0.3 is 5.32 Å². The molecule has 0 aliphatic rings. The molecule has 0 saturated carbocycles. The smallest absolute Gasteiger partial charge is 0.220 e. The van der Waals surface area contributed by atoms with Gasteiger partial charge in [-0.05, 0) is 44.1 Å². The van der Waals surface area contributed by atoms with Crippen LogP contribution in [0.5, 0.6) is 0 Å². The molecule has 0 saturated heterocycles. The maximum absolute atomic E-state index is 11.8. The van der Waals surface area contributed by atoms with Crippen molar-refractivity contribution in [2.24, 2.45) is 0 Å². The van der Waals surface area contributed by atoms with Crippen molar-refractivity contribution in [3.05, 3.63) is 48.0 Å². The number of rotatable bonds is 18. The summed E-state index contributed by atoms with van der Waals surface area (Å²) in [6.45, 7) is 3.02. The highest BCUT2D eigenvalue weighted by Crippen LogP contribution is 2.10. The van der Waals surface area contributed by atoms with Crippen LogP contribution in [-0.4, -0.2) is 12.5 Å². The van der Waals surface area contributed by atoms with Crippen LogP contribution in [0.1, 0.15) is 102 Å². The van der Waals surface area contributed by atoms with Crippen molar-refractivity contribution in [3.63, 3.8) is 0 Å². The summed E-state index contributed by atoms with van der Waals surface area (Å²) in [6, 6.07) is 10.3. The minimum Gasteiger partial charge on any atom is -0.356 e. The van der Waals surface area contributed by atoms with E-state index in [9.17, 15) is 4.79 Å². The quantitative estimate of drug-likeness (QED) is 0.207. The maximum Gasteiger partial charge on any atom is 0.220 e. The van der Waals surface area contributed by atoms with Crippen molar-refractivity contribution in [1.82, 2.24) is 5.32 Å². The number of allylic oxidation sites excluding steroid dienone is 2. The van der Waals surface area contributed by atoms with Crippen LogP contribution in [0.3, 0.4) is 0 Å². The summed E-state index contributed by atoms with van der Waals surface area (Å²) in [6.07, 6.45) is 23.1. The van der Waals surface area contributed by atoms with E-state index in [0.717, 1.165) is 19.4 Å². The number of carbonyl (C=O) groups is 1. The first-order valence-corrected chi connectivity index (χ1v) is 11.8. The predicted molar refractivity (Wildman–Crippen MR) is 123 cm³/mol. The first-order valence-electron chi connectivity index (χ1n) is 11.8. The molecular formula is C26H43NO. The summed E-state index contributed by atoms with van der Waals surface area (Å²) in [7, 11) is 0. The molecule has 0 aromatic heterocycles. The van der Waals surface area contributed by atoms with Crippen LogP contribution in [0.25, 0.3) is 0 Å². The van der Waals surface area contributed by atoms with Crippen LogP contribution >= 0.6 is 0 Å². The maximum atomic E-state index is 11.8. The van der Waals surface area contributed by atoms with Gasteiger partial charge in [-0.2, -0.15) is 0 Å². The van der Waals surface area contributed by atoms with Crippen LogP contribution < -0.4 is 5.32 Å². The van der Waals surface area contributed by atoms with Crippen molar-refractivity contribution in [1.29, 1.82) is 0 Å². The van der Waals surface area contributed by atoms with E-state index in [4.69, 9.17) is 0 Å². The number of benzene rings is 1. The van der Waals surface area contributed by atoms with E-state index < -0.39 is 0 Å². The molecule has 0 heterocycles. The van der Waals surface area contributed by atoms with E-state index in [-0.39, 0.29) is 5.91 Å². The molecule has 28 heavy (non-hydrogen) atoms. The van der Waals surface area contributed by atoms with Gasteiger partial charge in [-0.25, -0.2) is 0 Å². The van der Waals surface area contributed by atoms with Crippen molar-refractivity contribution < 1.29 is 4.79 Å².